The van der Waals surface area contributed by atoms with Gasteiger partial charge in [-0.05, 0) is 12.8 Å². The second-order valence-electron chi connectivity index (χ2n) is 3.97. The number of hydrogen-bond acceptors (Lipinski definition) is 4. The second-order valence-corrected chi connectivity index (χ2v) is 3.97. The molecule has 5 heteroatoms. The van der Waals surface area contributed by atoms with Crippen LogP contribution in [0.5, 0.6) is 0 Å². The Morgan fingerprint density at radius 3 is 2.56 bits per heavy atom. The minimum absolute atomic E-state index is 0.125. The molecule has 0 amide bonds. The molecular weight excluding hydrogens is 206 g/mol. The molecule has 90 valence electrons. The van der Waals surface area contributed by atoms with Crippen molar-refractivity contribution >= 4 is 5.97 Å². The summed E-state index contributed by atoms with van der Waals surface area (Å²) in [5, 5.41) is 6.89. The largest absolute Gasteiger partial charge is 0.465 e. The molecule has 0 bridgehead atoms. The van der Waals surface area contributed by atoms with E-state index in [1.54, 1.807) is 6.92 Å². The number of nitrogens with zero attached hydrogens (tertiary/aromatic N) is 2. The van der Waals surface area contributed by atoms with Gasteiger partial charge in [-0.25, -0.2) is 4.98 Å². The maximum absolute atomic E-state index is 11.8. The Kier molecular flexibility index (Phi) is 4.46. The highest BCUT2D eigenvalue weighted by Crippen LogP contribution is 2.22. The Morgan fingerprint density at radius 1 is 1.44 bits per heavy atom. The molecule has 0 aliphatic heterocycles. The third-order valence-corrected chi connectivity index (χ3v) is 2.37. The van der Waals surface area contributed by atoms with Gasteiger partial charge < -0.3 is 4.74 Å². The van der Waals surface area contributed by atoms with Crippen LogP contribution in [0.25, 0.3) is 0 Å². The summed E-state index contributed by atoms with van der Waals surface area (Å²) < 4.78 is 5.03. The maximum Gasteiger partial charge on any atom is 0.317 e. The van der Waals surface area contributed by atoms with Gasteiger partial charge in [0.2, 0.25) is 0 Å². The maximum atomic E-state index is 11.8. The predicted octanol–water partition coefficient (Wildman–Crippen LogP) is 1.67. The van der Waals surface area contributed by atoms with Crippen molar-refractivity contribution in [1.82, 2.24) is 15.2 Å². The van der Waals surface area contributed by atoms with E-state index in [0.29, 0.717) is 12.4 Å². The molecule has 0 aliphatic rings. The van der Waals surface area contributed by atoms with Crippen LogP contribution in [0.3, 0.4) is 0 Å². The average molecular weight is 225 g/mol. The summed E-state index contributed by atoms with van der Waals surface area (Å²) in [6.45, 7) is 8.09. The highest BCUT2D eigenvalue weighted by atomic mass is 16.5. The van der Waals surface area contributed by atoms with E-state index < -0.39 is 0 Å². The number of aromatic nitrogens is 3. The minimum Gasteiger partial charge on any atom is -0.465 e. The highest BCUT2D eigenvalue weighted by molar-refractivity contribution is 5.77. The smallest absolute Gasteiger partial charge is 0.317 e. The van der Waals surface area contributed by atoms with Gasteiger partial charge in [0.15, 0.2) is 5.82 Å². The summed E-state index contributed by atoms with van der Waals surface area (Å²) in [5.74, 6) is 0.824. The zero-order valence-corrected chi connectivity index (χ0v) is 10.3. The van der Waals surface area contributed by atoms with Gasteiger partial charge >= 0.3 is 5.97 Å². The van der Waals surface area contributed by atoms with E-state index in [9.17, 15) is 4.79 Å². The molecule has 0 radical (unpaired) electrons. The Bertz CT molecular complexity index is 347. The molecule has 1 unspecified atom stereocenters. The lowest BCUT2D eigenvalue weighted by Gasteiger charge is -2.15. The summed E-state index contributed by atoms with van der Waals surface area (Å²) >= 11 is 0. The average Bonchev–Trinajstić information content (AvgIpc) is 2.66. The number of aryl methyl sites for hydroxylation is 1. The number of carbonyl (C=O) groups is 1. The van der Waals surface area contributed by atoms with Crippen LogP contribution in [-0.4, -0.2) is 27.8 Å². The summed E-state index contributed by atoms with van der Waals surface area (Å²) in [6.07, 6.45) is 0.778. The zero-order chi connectivity index (χ0) is 12.1. The molecular formula is C11H19N3O2. The van der Waals surface area contributed by atoms with Gasteiger partial charge in [0.25, 0.3) is 0 Å². The molecule has 1 aromatic heterocycles. The van der Waals surface area contributed by atoms with Gasteiger partial charge in [0.1, 0.15) is 11.7 Å². The third-order valence-electron chi connectivity index (χ3n) is 2.37. The van der Waals surface area contributed by atoms with Crippen LogP contribution in [0, 0.1) is 5.92 Å². The molecule has 0 saturated heterocycles. The van der Waals surface area contributed by atoms with Crippen molar-refractivity contribution in [1.29, 1.82) is 0 Å². The van der Waals surface area contributed by atoms with Crippen LogP contribution in [0.1, 0.15) is 45.3 Å². The lowest BCUT2D eigenvalue weighted by Crippen LogP contribution is -2.22. The fourth-order valence-corrected chi connectivity index (χ4v) is 1.52. The molecule has 0 fully saturated rings. The van der Waals surface area contributed by atoms with E-state index in [4.69, 9.17) is 4.74 Å². The normalized spacial score (nSPS) is 12.8. The number of ether oxygens (including phenoxy) is 1. The number of H-pyrrole nitrogens is 1. The highest BCUT2D eigenvalue weighted by Gasteiger charge is 2.29. The van der Waals surface area contributed by atoms with Gasteiger partial charge in [0.05, 0.1) is 6.61 Å². The Morgan fingerprint density at radius 2 is 2.12 bits per heavy atom. The summed E-state index contributed by atoms with van der Waals surface area (Å²) in [6, 6.07) is 0. The first-order chi connectivity index (χ1) is 7.60. The first-order valence-electron chi connectivity index (χ1n) is 5.67. The number of carbonyl (C=O) groups excluding carboxylic acids is 1. The van der Waals surface area contributed by atoms with E-state index in [0.717, 1.165) is 12.2 Å². The molecule has 16 heavy (non-hydrogen) atoms. The van der Waals surface area contributed by atoms with E-state index in [-0.39, 0.29) is 17.8 Å². The SMILES string of the molecule is CCOC(=O)C(c1n[nH]c(CC)n1)C(C)C. The number of rotatable bonds is 5. The molecule has 0 aromatic carbocycles. The van der Waals surface area contributed by atoms with Gasteiger partial charge in [-0.2, -0.15) is 5.10 Å². The Labute approximate surface area is 95.6 Å². The first kappa shape index (κ1) is 12.7. The number of nitrogens with one attached hydrogen (secondary N) is 1. The molecule has 5 nitrogen and oxygen atoms in total. The van der Waals surface area contributed by atoms with Crippen molar-refractivity contribution < 1.29 is 9.53 Å². The summed E-state index contributed by atoms with van der Waals surface area (Å²) in [7, 11) is 0. The number of aromatic amines is 1. The standard InChI is InChI=1S/C11H19N3O2/c1-5-8-12-10(14-13-8)9(7(3)4)11(15)16-6-2/h7,9H,5-6H2,1-4H3,(H,12,13,14). The van der Waals surface area contributed by atoms with Crippen molar-refractivity contribution in [2.45, 2.75) is 40.0 Å². The van der Waals surface area contributed by atoms with Crippen LogP contribution in [0.2, 0.25) is 0 Å². The fourth-order valence-electron chi connectivity index (χ4n) is 1.52. The predicted molar refractivity (Wildman–Crippen MR) is 60.0 cm³/mol. The van der Waals surface area contributed by atoms with Crippen LogP contribution in [0.4, 0.5) is 0 Å². The molecule has 1 atom stereocenters. The molecule has 1 rings (SSSR count). The lowest BCUT2D eigenvalue weighted by molar-refractivity contribution is -0.146. The van der Waals surface area contributed by atoms with Gasteiger partial charge in [-0.15, -0.1) is 0 Å². The van der Waals surface area contributed by atoms with Crippen molar-refractivity contribution in [3.63, 3.8) is 0 Å². The quantitative estimate of drug-likeness (QED) is 0.774. The van der Waals surface area contributed by atoms with E-state index >= 15 is 0 Å². The van der Waals surface area contributed by atoms with E-state index in [1.807, 2.05) is 20.8 Å². The first-order valence-corrected chi connectivity index (χ1v) is 5.67. The zero-order valence-electron chi connectivity index (χ0n) is 10.3. The minimum atomic E-state index is -0.378. The lowest BCUT2D eigenvalue weighted by atomic mass is 9.95. The summed E-state index contributed by atoms with van der Waals surface area (Å²) in [5.41, 5.74) is 0. The molecule has 0 spiro atoms. The van der Waals surface area contributed by atoms with Crippen molar-refractivity contribution in [2.75, 3.05) is 6.61 Å². The molecule has 1 aromatic rings. The van der Waals surface area contributed by atoms with Crippen molar-refractivity contribution in [3.05, 3.63) is 11.6 Å². The van der Waals surface area contributed by atoms with E-state index in [1.165, 1.54) is 0 Å². The molecule has 1 heterocycles. The number of esters is 1. The molecule has 0 aliphatic carbocycles. The van der Waals surface area contributed by atoms with Crippen LogP contribution in [0.15, 0.2) is 0 Å². The monoisotopic (exact) mass is 225 g/mol. The Hall–Kier alpha value is -1.39. The van der Waals surface area contributed by atoms with Crippen LogP contribution in [-0.2, 0) is 16.0 Å². The second kappa shape index (κ2) is 5.63. The summed E-state index contributed by atoms with van der Waals surface area (Å²) in [4.78, 5) is 16.1. The van der Waals surface area contributed by atoms with Gasteiger partial charge in [0, 0.05) is 6.42 Å². The molecule has 0 saturated carbocycles. The third kappa shape index (κ3) is 2.81. The fraction of sp³-hybridized carbons (Fsp3) is 0.727. The van der Waals surface area contributed by atoms with Crippen molar-refractivity contribution in [2.24, 2.45) is 5.92 Å². The van der Waals surface area contributed by atoms with Gasteiger partial charge in [-0.1, -0.05) is 20.8 Å². The number of hydrogen-bond donors (Lipinski definition) is 1. The van der Waals surface area contributed by atoms with Crippen LogP contribution < -0.4 is 0 Å². The topological polar surface area (TPSA) is 67.9 Å². The van der Waals surface area contributed by atoms with Crippen molar-refractivity contribution in [3.8, 4) is 0 Å². The van der Waals surface area contributed by atoms with Gasteiger partial charge in [-0.3, -0.25) is 9.89 Å². The van der Waals surface area contributed by atoms with Crippen LogP contribution >= 0.6 is 0 Å². The Balaban J connectivity index is 2.89. The van der Waals surface area contributed by atoms with E-state index in [2.05, 4.69) is 15.2 Å². The molecule has 1 N–H and O–H groups in total.